The molecule has 0 radical (unpaired) electrons. The summed E-state index contributed by atoms with van der Waals surface area (Å²) in [6.07, 6.45) is -4.91. The number of carbonyl (C=O) groups excluding carboxylic acids is 1. The van der Waals surface area contributed by atoms with E-state index in [0.717, 1.165) is 7.05 Å². The van der Waals surface area contributed by atoms with Gasteiger partial charge < -0.3 is 10.0 Å². The Morgan fingerprint density at radius 1 is 1.22 bits per heavy atom. The molecule has 1 rings (SSSR count). The summed E-state index contributed by atoms with van der Waals surface area (Å²) in [5.41, 5.74) is 0.448. The first kappa shape index (κ1) is 14.0. The van der Waals surface area contributed by atoms with Crippen LogP contribution in [0.5, 0.6) is 0 Å². The second kappa shape index (κ2) is 5.07. The van der Waals surface area contributed by atoms with E-state index >= 15 is 0 Å². The number of alkyl halides is 3. The van der Waals surface area contributed by atoms with E-state index in [1.807, 2.05) is 0 Å². The van der Waals surface area contributed by atoms with Gasteiger partial charge in [0.05, 0.1) is 5.56 Å². The molecule has 98 valence electrons. The van der Waals surface area contributed by atoms with Crippen LogP contribution in [0.2, 0.25) is 0 Å². The Balaban J connectivity index is 2.74. The van der Waals surface area contributed by atoms with Crippen molar-refractivity contribution < 1.29 is 27.9 Å². The molecule has 0 aliphatic rings. The molecule has 1 aromatic rings. The fraction of sp³-hybridized carbons (Fsp3) is 0.273. The number of hydrogen-bond acceptors (Lipinski definition) is 2. The lowest BCUT2D eigenvalue weighted by Gasteiger charge is -2.18. The Morgan fingerprint density at radius 2 is 1.72 bits per heavy atom. The molecule has 0 aliphatic heterocycles. The first-order valence-corrected chi connectivity index (χ1v) is 4.86. The Hall–Kier alpha value is -2.05. The fourth-order valence-corrected chi connectivity index (χ4v) is 1.31. The summed E-state index contributed by atoms with van der Waals surface area (Å²) in [4.78, 5) is 21.9. The second-order valence-corrected chi connectivity index (χ2v) is 3.66. The van der Waals surface area contributed by atoms with Gasteiger partial charge in [-0.2, -0.15) is 13.2 Å². The molecule has 0 aliphatic carbocycles. The third-order valence-corrected chi connectivity index (χ3v) is 2.21. The molecule has 7 heteroatoms. The molecule has 0 spiro atoms. The van der Waals surface area contributed by atoms with Crippen molar-refractivity contribution in [2.45, 2.75) is 12.7 Å². The summed E-state index contributed by atoms with van der Waals surface area (Å²) >= 11 is 0. The largest absolute Gasteiger partial charge is 0.478 e. The minimum Gasteiger partial charge on any atom is -0.478 e. The molecule has 0 fully saturated rings. The zero-order valence-corrected chi connectivity index (χ0v) is 9.36. The third-order valence-electron chi connectivity index (χ3n) is 2.21. The van der Waals surface area contributed by atoms with Gasteiger partial charge in [0.1, 0.15) is 0 Å². The number of amides is 1. The highest BCUT2D eigenvalue weighted by molar-refractivity contribution is 5.87. The maximum Gasteiger partial charge on any atom is 0.471 e. The lowest BCUT2D eigenvalue weighted by Crippen LogP contribution is -2.37. The number of halogens is 3. The third kappa shape index (κ3) is 3.47. The number of carbonyl (C=O) groups is 2. The van der Waals surface area contributed by atoms with E-state index in [1.165, 1.54) is 24.3 Å². The minimum atomic E-state index is -4.91. The molecule has 0 atom stereocenters. The molecule has 0 saturated carbocycles. The number of benzene rings is 1. The molecule has 1 aromatic carbocycles. The molecule has 18 heavy (non-hydrogen) atoms. The zero-order chi connectivity index (χ0) is 13.9. The number of hydrogen-bond donors (Lipinski definition) is 1. The molecule has 1 amide bonds. The zero-order valence-electron chi connectivity index (χ0n) is 9.36. The van der Waals surface area contributed by atoms with Crippen LogP contribution in [0.3, 0.4) is 0 Å². The van der Waals surface area contributed by atoms with Crippen LogP contribution < -0.4 is 0 Å². The summed E-state index contributed by atoms with van der Waals surface area (Å²) in [5, 5.41) is 8.64. The highest BCUT2D eigenvalue weighted by Crippen LogP contribution is 2.19. The minimum absolute atomic E-state index is 0.0311. The molecule has 1 N–H and O–H groups in total. The van der Waals surface area contributed by atoms with Gasteiger partial charge in [-0.05, 0) is 17.7 Å². The summed E-state index contributed by atoms with van der Waals surface area (Å²) in [6, 6.07) is 5.26. The van der Waals surface area contributed by atoms with E-state index < -0.39 is 18.1 Å². The van der Waals surface area contributed by atoms with Crippen molar-refractivity contribution in [3.05, 3.63) is 35.4 Å². The lowest BCUT2D eigenvalue weighted by atomic mass is 10.1. The number of carboxylic acid groups (broad SMARTS) is 1. The van der Waals surface area contributed by atoms with E-state index in [4.69, 9.17) is 5.11 Å². The maximum absolute atomic E-state index is 12.1. The number of carboxylic acids is 1. The molecule has 0 bridgehead atoms. The van der Waals surface area contributed by atoms with Crippen molar-refractivity contribution in [2.24, 2.45) is 0 Å². The van der Waals surface area contributed by atoms with E-state index in [9.17, 15) is 22.8 Å². The van der Waals surface area contributed by atoms with E-state index in [2.05, 4.69) is 0 Å². The maximum atomic E-state index is 12.1. The predicted octanol–water partition coefficient (Wildman–Crippen LogP) is 1.91. The summed E-state index contributed by atoms with van der Waals surface area (Å²) in [7, 11) is 1.03. The van der Waals surface area contributed by atoms with Gasteiger partial charge >= 0.3 is 18.1 Å². The highest BCUT2D eigenvalue weighted by Gasteiger charge is 2.41. The van der Waals surface area contributed by atoms with E-state index in [0.29, 0.717) is 10.5 Å². The average molecular weight is 261 g/mol. The van der Waals surface area contributed by atoms with Gasteiger partial charge in [-0.3, -0.25) is 4.79 Å². The van der Waals surface area contributed by atoms with Crippen LogP contribution in [-0.4, -0.2) is 35.1 Å². The number of aromatic carboxylic acids is 1. The first-order valence-electron chi connectivity index (χ1n) is 4.86. The standard InChI is InChI=1S/C11H10F3NO3/c1-15(10(18)11(12,13)14)6-7-2-4-8(5-3-7)9(16)17/h2-5H,6H2,1H3,(H,16,17). The van der Waals surface area contributed by atoms with Crippen LogP contribution in [0.15, 0.2) is 24.3 Å². The van der Waals surface area contributed by atoms with Crippen molar-refractivity contribution in [3.8, 4) is 0 Å². The lowest BCUT2D eigenvalue weighted by molar-refractivity contribution is -0.184. The topological polar surface area (TPSA) is 57.6 Å². The van der Waals surface area contributed by atoms with Crippen molar-refractivity contribution >= 4 is 11.9 Å². The Bertz CT molecular complexity index is 454. The van der Waals surface area contributed by atoms with Gasteiger partial charge in [0.25, 0.3) is 0 Å². The van der Waals surface area contributed by atoms with Gasteiger partial charge in [-0.15, -0.1) is 0 Å². The first-order chi connectivity index (χ1) is 8.21. The smallest absolute Gasteiger partial charge is 0.471 e. The van der Waals surface area contributed by atoms with Crippen molar-refractivity contribution in [1.29, 1.82) is 0 Å². The van der Waals surface area contributed by atoms with E-state index in [1.54, 1.807) is 0 Å². The molecular weight excluding hydrogens is 251 g/mol. The van der Waals surface area contributed by atoms with Crippen molar-refractivity contribution in [1.82, 2.24) is 4.90 Å². The Morgan fingerprint density at radius 3 is 2.11 bits per heavy atom. The van der Waals surface area contributed by atoms with Gasteiger partial charge in [0.2, 0.25) is 0 Å². The van der Waals surface area contributed by atoms with Crippen LogP contribution >= 0.6 is 0 Å². The van der Waals surface area contributed by atoms with Gasteiger partial charge in [0, 0.05) is 13.6 Å². The molecule has 0 saturated heterocycles. The second-order valence-electron chi connectivity index (χ2n) is 3.66. The van der Waals surface area contributed by atoms with Crippen LogP contribution in [0.1, 0.15) is 15.9 Å². The van der Waals surface area contributed by atoms with Gasteiger partial charge in [0.15, 0.2) is 0 Å². The highest BCUT2D eigenvalue weighted by atomic mass is 19.4. The Kier molecular flexibility index (Phi) is 3.95. The average Bonchev–Trinajstić information content (AvgIpc) is 2.27. The summed E-state index contributed by atoms with van der Waals surface area (Å²) in [5.74, 6) is -3.06. The van der Waals surface area contributed by atoms with Crippen molar-refractivity contribution in [3.63, 3.8) is 0 Å². The molecule has 4 nitrogen and oxygen atoms in total. The predicted molar refractivity (Wildman–Crippen MR) is 55.9 cm³/mol. The number of rotatable bonds is 3. The van der Waals surface area contributed by atoms with Crippen LogP contribution in [0.25, 0.3) is 0 Å². The summed E-state index contributed by atoms with van der Waals surface area (Å²) in [6.45, 7) is -0.238. The fourth-order valence-electron chi connectivity index (χ4n) is 1.31. The molecular formula is C11H10F3NO3. The van der Waals surface area contributed by atoms with Gasteiger partial charge in [-0.1, -0.05) is 12.1 Å². The molecule has 0 aromatic heterocycles. The van der Waals surface area contributed by atoms with E-state index in [-0.39, 0.29) is 12.1 Å². The number of nitrogens with zero attached hydrogens (tertiary/aromatic N) is 1. The van der Waals surface area contributed by atoms with Crippen molar-refractivity contribution in [2.75, 3.05) is 7.05 Å². The monoisotopic (exact) mass is 261 g/mol. The quantitative estimate of drug-likeness (QED) is 0.904. The molecule has 0 heterocycles. The molecule has 0 unspecified atom stereocenters. The van der Waals surface area contributed by atoms with Crippen LogP contribution in [0, 0.1) is 0 Å². The summed E-state index contributed by atoms with van der Waals surface area (Å²) < 4.78 is 36.3. The van der Waals surface area contributed by atoms with Crippen LogP contribution in [-0.2, 0) is 11.3 Å². The normalized spacial score (nSPS) is 11.1. The van der Waals surface area contributed by atoms with Crippen LogP contribution in [0.4, 0.5) is 13.2 Å². The van der Waals surface area contributed by atoms with Gasteiger partial charge in [-0.25, -0.2) is 4.79 Å². The SMILES string of the molecule is CN(Cc1ccc(C(=O)O)cc1)C(=O)C(F)(F)F. The Labute approximate surface area is 101 Å².